The molecule has 48 heavy (non-hydrogen) atoms. The molecule has 1 aromatic rings. The number of carbonyl (C=O) groups excluding carboxylic acids is 6. The number of likely N-dealkylation sites (tertiary alicyclic amines) is 1. The summed E-state index contributed by atoms with van der Waals surface area (Å²) in [7, 11) is 0. The molecule has 0 bridgehead atoms. The molecule has 5 N–H and O–H groups in total. The fraction of sp³-hybridized carbons (Fsp3) is 0.647. The Hall–Kier alpha value is -3.38. The van der Waals surface area contributed by atoms with Gasteiger partial charge in [-0.1, -0.05) is 121 Å². The molecule has 1 saturated heterocycles. The molecular formula is C34H51Cl2N5O7. The maximum Gasteiger partial charge on any atom is 0.325 e. The second-order valence-corrected chi connectivity index (χ2v) is 16.8. The van der Waals surface area contributed by atoms with E-state index in [2.05, 4.69) is 43.6 Å². The quantitative estimate of drug-likeness (QED) is 0.144. The summed E-state index contributed by atoms with van der Waals surface area (Å²) in [5.41, 5.74) is 5.66. The molecule has 268 valence electrons. The number of urea groups is 1. The monoisotopic (exact) mass is 711 g/mol. The van der Waals surface area contributed by atoms with Gasteiger partial charge in [0.2, 0.25) is 17.6 Å². The molecule has 1 saturated carbocycles. The van der Waals surface area contributed by atoms with Crippen LogP contribution in [0.2, 0.25) is 0 Å². The minimum Gasteiger partial charge on any atom is -0.460 e. The Labute approximate surface area is 293 Å². The van der Waals surface area contributed by atoms with E-state index in [4.69, 9.17) is 33.7 Å². The first-order valence-electron chi connectivity index (χ1n) is 16.1. The lowest BCUT2D eigenvalue weighted by Gasteiger charge is -2.36. The molecule has 0 spiro atoms. The Balaban J connectivity index is 0.00000149. The Morgan fingerprint density at radius 2 is 1.56 bits per heavy atom. The molecule has 0 aromatic heterocycles. The lowest BCUT2D eigenvalue weighted by molar-refractivity contribution is -0.143. The SMILES string of the molecule is CC(C)(C)C.CC(C)(C)C(NC(=O)NCC(=O)OCc1ccccc1)C(=O)N1CC(Cl)(Cl)CC1C(=O)NC(CC1CCC1)C(=O)C(N)=O. The summed E-state index contributed by atoms with van der Waals surface area (Å²) in [5.74, 6) is -3.96. The molecule has 2 fully saturated rings. The van der Waals surface area contributed by atoms with Crippen LogP contribution >= 0.6 is 23.2 Å². The number of ether oxygens (including phenoxy) is 1. The van der Waals surface area contributed by atoms with E-state index in [1.54, 1.807) is 45.0 Å². The van der Waals surface area contributed by atoms with Gasteiger partial charge in [-0.3, -0.25) is 24.0 Å². The highest BCUT2D eigenvalue weighted by Gasteiger charge is 2.50. The highest BCUT2D eigenvalue weighted by molar-refractivity contribution is 6.49. The lowest BCUT2D eigenvalue weighted by atomic mass is 9.80. The number of nitrogens with two attached hydrogens (primary N) is 1. The number of halogens is 2. The van der Waals surface area contributed by atoms with Crippen LogP contribution in [0.25, 0.3) is 0 Å². The zero-order valence-corrected chi connectivity index (χ0v) is 30.5. The molecule has 12 nitrogen and oxygen atoms in total. The second-order valence-electron chi connectivity index (χ2n) is 15.1. The zero-order chi connectivity index (χ0) is 36.4. The van der Waals surface area contributed by atoms with Crippen LogP contribution < -0.4 is 21.7 Å². The van der Waals surface area contributed by atoms with Crippen molar-refractivity contribution in [2.75, 3.05) is 13.1 Å². The molecule has 1 aliphatic heterocycles. The maximum atomic E-state index is 13.8. The van der Waals surface area contributed by atoms with Crippen molar-refractivity contribution in [2.24, 2.45) is 22.5 Å². The fourth-order valence-electron chi connectivity index (χ4n) is 4.95. The van der Waals surface area contributed by atoms with Crippen LogP contribution in [0.15, 0.2) is 30.3 Å². The predicted octanol–water partition coefficient (Wildman–Crippen LogP) is 4.00. The van der Waals surface area contributed by atoms with Crippen molar-refractivity contribution in [3.63, 3.8) is 0 Å². The summed E-state index contributed by atoms with van der Waals surface area (Å²) in [6.45, 7) is 13.3. The van der Waals surface area contributed by atoms with Crippen molar-refractivity contribution in [2.45, 2.75) is 110 Å². The highest BCUT2D eigenvalue weighted by atomic mass is 35.5. The second kappa shape index (κ2) is 17.3. The number of hydrogen-bond acceptors (Lipinski definition) is 7. The third-order valence-corrected chi connectivity index (χ3v) is 8.10. The summed E-state index contributed by atoms with van der Waals surface area (Å²) in [6, 6.07) is 4.73. The van der Waals surface area contributed by atoms with E-state index in [0.29, 0.717) is 5.41 Å². The third-order valence-electron chi connectivity index (χ3n) is 7.55. The first-order chi connectivity index (χ1) is 22.1. The fourth-order valence-corrected chi connectivity index (χ4v) is 5.50. The molecule has 5 amide bonds. The van der Waals surface area contributed by atoms with Gasteiger partial charge in [-0.05, 0) is 28.7 Å². The molecule has 3 rings (SSSR count). The van der Waals surface area contributed by atoms with Crippen LogP contribution in [-0.4, -0.2) is 76.0 Å². The van der Waals surface area contributed by atoms with Gasteiger partial charge in [-0.2, -0.15) is 0 Å². The van der Waals surface area contributed by atoms with Gasteiger partial charge in [0, 0.05) is 6.42 Å². The van der Waals surface area contributed by atoms with Crippen molar-refractivity contribution >= 4 is 58.7 Å². The van der Waals surface area contributed by atoms with E-state index in [1.165, 1.54) is 0 Å². The Morgan fingerprint density at radius 3 is 2.06 bits per heavy atom. The van der Waals surface area contributed by atoms with Gasteiger partial charge in [-0.15, -0.1) is 0 Å². The normalized spacial score (nSPS) is 18.6. The topological polar surface area (TPSA) is 177 Å². The average Bonchev–Trinajstić information content (AvgIpc) is 3.28. The minimum atomic E-state index is -1.48. The van der Waals surface area contributed by atoms with Crippen LogP contribution in [0.1, 0.15) is 86.1 Å². The number of ketones is 1. The largest absolute Gasteiger partial charge is 0.460 e. The van der Waals surface area contributed by atoms with Gasteiger partial charge in [0.1, 0.15) is 29.6 Å². The summed E-state index contributed by atoms with van der Waals surface area (Å²) < 4.78 is 3.67. The molecule has 14 heteroatoms. The number of Topliss-reactive ketones (excluding diaryl/α,β-unsaturated/α-hetero) is 1. The maximum absolute atomic E-state index is 13.8. The average molecular weight is 713 g/mol. The minimum absolute atomic E-state index is 0.0373. The van der Waals surface area contributed by atoms with Gasteiger partial charge in [0.05, 0.1) is 12.6 Å². The van der Waals surface area contributed by atoms with E-state index in [1.807, 2.05) is 6.07 Å². The molecule has 1 heterocycles. The van der Waals surface area contributed by atoms with E-state index in [-0.39, 0.29) is 31.9 Å². The number of nitrogens with one attached hydrogen (secondary N) is 3. The van der Waals surface area contributed by atoms with Crippen LogP contribution in [0.4, 0.5) is 4.79 Å². The van der Waals surface area contributed by atoms with Gasteiger partial charge >= 0.3 is 12.0 Å². The smallest absolute Gasteiger partial charge is 0.325 e. The van der Waals surface area contributed by atoms with Crippen molar-refractivity contribution in [3.05, 3.63) is 35.9 Å². The number of amides is 5. The van der Waals surface area contributed by atoms with Crippen LogP contribution in [0.5, 0.6) is 0 Å². The van der Waals surface area contributed by atoms with Crippen LogP contribution in [0.3, 0.4) is 0 Å². The molecular weight excluding hydrogens is 661 g/mol. The van der Waals surface area contributed by atoms with Gasteiger partial charge < -0.3 is 31.3 Å². The number of rotatable bonds is 12. The van der Waals surface area contributed by atoms with E-state index >= 15 is 0 Å². The van der Waals surface area contributed by atoms with E-state index in [0.717, 1.165) is 29.7 Å². The molecule has 3 unspecified atom stereocenters. The van der Waals surface area contributed by atoms with Gasteiger partial charge in [-0.25, -0.2) is 4.79 Å². The lowest BCUT2D eigenvalue weighted by Crippen LogP contribution is -2.60. The standard InChI is InChI=1S/C29H39Cl2N5O7.C5H12/c1-28(2,3)23(35-27(42)33-14-21(37)43-15-18-8-5-4-6-9-18)26(41)36-16-29(30,31)13-20(36)25(40)34-19(22(38)24(32)39)12-17-10-7-11-17;1-5(2,3)4/h4-6,8-9,17,19-20,23H,7,10-16H2,1-3H3,(H2,32,39)(H,34,40)(H2,33,35,42);1-4H3. The number of primary amides is 1. The van der Waals surface area contributed by atoms with Crippen molar-refractivity contribution in [3.8, 4) is 0 Å². The van der Waals surface area contributed by atoms with E-state index in [9.17, 15) is 28.8 Å². The molecule has 2 aliphatic rings. The van der Waals surface area contributed by atoms with Gasteiger partial charge in [0.25, 0.3) is 5.91 Å². The van der Waals surface area contributed by atoms with Crippen LogP contribution in [-0.2, 0) is 35.3 Å². The van der Waals surface area contributed by atoms with Crippen molar-refractivity contribution in [1.82, 2.24) is 20.9 Å². The number of benzene rings is 1. The highest BCUT2D eigenvalue weighted by Crippen LogP contribution is 2.38. The van der Waals surface area contributed by atoms with Crippen LogP contribution in [0, 0.1) is 16.7 Å². The number of nitrogens with zero attached hydrogens (tertiary/aromatic N) is 1. The van der Waals surface area contributed by atoms with Crippen molar-refractivity contribution < 1.29 is 33.5 Å². The number of carbonyl (C=O) groups is 6. The Bertz CT molecular complexity index is 1300. The number of hydrogen-bond donors (Lipinski definition) is 4. The first-order valence-corrected chi connectivity index (χ1v) is 16.9. The predicted molar refractivity (Wildman–Crippen MR) is 184 cm³/mol. The van der Waals surface area contributed by atoms with Crippen molar-refractivity contribution in [1.29, 1.82) is 0 Å². The zero-order valence-electron chi connectivity index (χ0n) is 29.0. The molecule has 1 aliphatic carbocycles. The summed E-state index contributed by atoms with van der Waals surface area (Å²) in [4.78, 5) is 77.5. The molecule has 1 aromatic carbocycles. The summed E-state index contributed by atoms with van der Waals surface area (Å²) in [6.07, 6.45) is 2.83. The third kappa shape index (κ3) is 14.0. The summed E-state index contributed by atoms with van der Waals surface area (Å²) >= 11 is 12.8. The van der Waals surface area contributed by atoms with Gasteiger partial charge in [0.15, 0.2) is 0 Å². The van der Waals surface area contributed by atoms with E-state index < -0.39 is 69.9 Å². The Morgan fingerprint density at radius 1 is 0.979 bits per heavy atom. The first kappa shape index (κ1) is 40.8. The molecule has 3 atom stereocenters. The summed E-state index contributed by atoms with van der Waals surface area (Å²) in [5, 5.41) is 7.56. The number of esters is 1. The Kier molecular flexibility index (Phi) is 14.7. The number of alkyl halides is 2. The molecule has 0 radical (unpaired) electrons.